The standard InChI is InChI=1S/C17H24N2O.ClH/c18-16(10-13-4-2-1-3-5-13)17(20)19(11-14-6-7-14)12-15-8-9-15;/h1-5,14-16H,6-12,18H2;1H/t16-;/m0./s1. The molecule has 2 N–H and O–H groups in total. The molecule has 3 nitrogen and oxygen atoms in total. The number of nitrogens with two attached hydrogens (primary N) is 1. The number of carbonyl (C=O) groups excluding carboxylic acids is 1. The van der Waals surface area contributed by atoms with Gasteiger partial charge in [0.05, 0.1) is 6.04 Å². The van der Waals surface area contributed by atoms with Gasteiger partial charge in [0.1, 0.15) is 0 Å². The lowest BCUT2D eigenvalue weighted by Gasteiger charge is -2.26. The molecule has 1 amide bonds. The molecule has 2 aliphatic carbocycles. The highest BCUT2D eigenvalue weighted by molar-refractivity contribution is 5.85. The summed E-state index contributed by atoms with van der Waals surface area (Å²) in [6.45, 7) is 1.86. The van der Waals surface area contributed by atoms with Crippen LogP contribution in [0.3, 0.4) is 0 Å². The quantitative estimate of drug-likeness (QED) is 0.841. The van der Waals surface area contributed by atoms with Crippen molar-refractivity contribution in [1.29, 1.82) is 0 Å². The minimum Gasteiger partial charge on any atom is -0.341 e. The lowest BCUT2D eigenvalue weighted by atomic mass is 10.1. The van der Waals surface area contributed by atoms with Crippen molar-refractivity contribution >= 4 is 18.3 Å². The monoisotopic (exact) mass is 308 g/mol. The van der Waals surface area contributed by atoms with Crippen LogP contribution in [0.15, 0.2) is 30.3 Å². The van der Waals surface area contributed by atoms with Gasteiger partial charge in [-0.2, -0.15) is 0 Å². The lowest BCUT2D eigenvalue weighted by Crippen LogP contribution is -2.46. The average Bonchev–Trinajstić information content (AvgIpc) is 3.33. The van der Waals surface area contributed by atoms with Crippen LogP contribution in [0.2, 0.25) is 0 Å². The normalized spacial score (nSPS) is 18.7. The third-order valence-corrected chi connectivity index (χ3v) is 4.28. The van der Waals surface area contributed by atoms with Gasteiger partial charge in [-0.05, 0) is 49.5 Å². The summed E-state index contributed by atoms with van der Waals surface area (Å²) in [5, 5.41) is 0. The molecule has 0 radical (unpaired) electrons. The van der Waals surface area contributed by atoms with E-state index in [0.717, 1.165) is 30.5 Å². The number of nitrogens with zero attached hydrogens (tertiary/aromatic N) is 1. The Hall–Kier alpha value is -1.06. The highest BCUT2D eigenvalue weighted by Crippen LogP contribution is 2.33. The molecule has 2 fully saturated rings. The topological polar surface area (TPSA) is 46.3 Å². The molecular formula is C17H25ClN2O. The van der Waals surface area contributed by atoms with Gasteiger partial charge in [-0.15, -0.1) is 12.4 Å². The van der Waals surface area contributed by atoms with E-state index < -0.39 is 6.04 Å². The smallest absolute Gasteiger partial charge is 0.239 e. The molecule has 116 valence electrons. The van der Waals surface area contributed by atoms with E-state index in [4.69, 9.17) is 5.73 Å². The summed E-state index contributed by atoms with van der Waals surface area (Å²) in [5.74, 6) is 1.62. The Labute approximate surface area is 133 Å². The first-order valence-corrected chi connectivity index (χ1v) is 7.80. The summed E-state index contributed by atoms with van der Waals surface area (Å²) in [7, 11) is 0. The number of rotatable bonds is 7. The first kappa shape index (κ1) is 16.3. The second-order valence-corrected chi connectivity index (χ2v) is 6.43. The van der Waals surface area contributed by atoms with Crippen molar-refractivity contribution in [3.63, 3.8) is 0 Å². The molecule has 1 aromatic carbocycles. The second kappa shape index (κ2) is 7.28. The molecule has 0 spiro atoms. The molecular weight excluding hydrogens is 284 g/mol. The number of amides is 1. The molecule has 3 rings (SSSR count). The summed E-state index contributed by atoms with van der Waals surface area (Å²) in [5.41, 5.74) is 7.30. The van der Waals surface area contributed by atoms with Gasteiger partial charge in [0.2, 0.25) is 5.91 Å². The van der Waals surface area contributed by atoms with Crippen molar-refractivity contribution in [2.45, 2.75) is 38.1 Å². The van der Waals surface area contributed by atoms with Crippen LogP contribution in [0.5, 0.6) is 0 Å². The van der Waals surface area contributed by atoms with Gasteiger partial charge in [0.15, 0.2) is 0 Å². The third kappa shape index (κ3) is 5.01. The molecule has 1 aromatic rings. The predicted molar refractivity (Wildman–Crippen MR) is 87.4 cm³/mol. The molecule has 0 saturated heterocycles. The van der Waals surface area contributed by atoms with Gasteiger partial charge in [-0.3, -0.25) is 4.79 Å². The van der Waals surface area contributed by atoms with Crippen molar-refractivity contribution in [3.05, 3.63) is 35.9 Å². The van der Waals surface area contributed by atoms with Gasteiger partial charge < -0.3 is 10.6 Å². The van der Waals surface area contributed by atoms with E-state index in [1.54, 1.807) is 0 Å². The number of hydrogen-bond acceptors (Lipinski definition) is 2. The van der Waals surface area contributed by atoms with E-state index in [0.29, 0.717) is 6.42 Å². The van der Waals surface area contributed by atoms with E-state index in [9.17, 15) is 4.79 Å². The fraction of sp³-hybridized carbons (Fsp3) is 0.588. The maximum Gasteiger partial charge on any atom is 0.239 e. The van der Waals surface area contributed by atoms with E-state index in [2.05, 4.69) is 0 Å². The van der Waals surface area contributed by atoms with Gasteiger partial charge in [-0.1, -0.05) is 30.3 Å². The van der Waals surface area contributed by atoms with Crippen molar-refractivity contribution < 1.29 is 4.79 Å². The van der Waals surface area contributed by atoms with Crippen molar-refractivity contribution in [3.8, 4) is 0 Å². The molecule has 2 aliphatic rings. The first-order valence-electron chi connectivity index (χ1n) is 7.80. The molecule has 0 aromatic heterocycles. The van der Waals surface area contributed by atoms with E-state index in [1.807, 2.05) is 35.2 Å². The van der Waals surface area contributed by atoms with Crippen LogP contribution >= 0.6 is 12.4 Å². The molecule has 0 heterocycles. The van der Waals surface area contributed by atoms with Crippen LogP contribution in [0.1, 0.15) is 31.2 Å². The molecule has 0 bridgehead atoms. The third-order valence-electron chi connectivity index (χ3n) is 4.28. The zero-order chi connectivity index (χ0) is 13.9. The Morgan fingerprint density at radius 1 is 1.10 bits per heavy atom. The maximum absolute atomic E-state index is 12.6. The summed E-state index contributed by atoms with van der Waals surface area (Å²) >= 11 is 0. The zero-order valence-electron chi connectivity index (χ0n) is 12.4. The maximum atomic E-state index is 12.6. The minimum absolute atomic E-state index is 0. The first-order chi connectivity index (χ1) is 9.72. The number of halogens is 1. The Balaban J connectivity index is 0.00000161. The molecule has 21 heavy (non-hydrogen) atoms. The van der Waals surface area contributed by atoms with Crippen LogP contribution in [0.4, 0.5) is 0 Å². The van der Waals surface area contributed by atoms with E-state index in [-0.39, 0.29) is 18.3 Å². The highest BCUT2D eigenvalue weighted by Gasteiger charge is 2.33. The summed E-state index contributed by atoms with van der Waals surface area (Å²) in [6, 6.07) is 9.68. The lowest BCUT2D eigenvalue weighted by molar-refractivity contribution is -0.133. The molecule has 0 aliphatic heterocycles. The predicted octanol–water partition coefficient (Wildman–Crippen LogP) is 2.63. The largest absolute Gasteiger partial charge is 0.341 e. The SMILES string of the molecule is Cl.N[C@@H](Cc1ccccc1)C(=O)N(CC1CC1)CC1CC1. The highest BCUT2D eigenvalue weighted by atomic mass is 35.5. The fourth-order valence-electron chi connectivity index (χ4n) is 2.67. The van der Waals surface area contributed by atoms with Crippen LogP contribution in [0.25, 0.3) is 0 Å². The summed E-state index contributed by atoms with van der Waals surface area (Å²) < 4.78 is 0. The fourth-order valence-corrected chi connectivity index (χ4v) is 2.67. The van der Waals surface area contributed by atoms with Crippen LogP contribution in [0, 0.1) is 11.8 Å². The Bertz CT molecular complexity index is 443. The van der Waals surface area contributed by atoms with Crippen molar-refractivity contribution in [2.75, 3.05) is 13.1 Å². The van der Waals surface area contributed by atoms with Gasteiger partial charge in [-0.25, -0.2) is 0 Å². The minimum atomic E-state index is -0.394. The number of benzene rings is 1. The van der Waals surface area contributed by atoms with Gasteiger partial charge in [0, 0.05) is 13.1 Å². The zero-order valence-corrected chi connectivity index (χ0v) is 13.2. The molecule has 4 heteroatoms. The Morgan fingerprint density at radius 3 is 2.10 bits per heavy atom. The van der Waals surface area contributed by atoms with Crippen molar-refractivity contribution in [2.24, 2.45) is 17.6 Å². The average molecular weight is 309 g/mol. The molecule has 1 atom stereocenters. The second-order valence-electron chi connectivity index (χ2n) is 6.43. The summed E-state index contributed by atoms with van der Waals surface area (Å²) in [4.78, 5) is 14.6. The molecule has 2 saturated carbocycles. The number of hydrogen-bond donors (Lipinski definition) is 1. The van der Waals surface area contributed by atoms with Crippen LogP contribution < -0.4 is 5.73 Å². The Kier molecular flexibility index (Phi) is 5.65. The van der Waals surface area contributed by atoms with E-state index in [1.165, 1.54) is 25.7 Å². The van der Waals surface area contributed by atoms with E-state index >= 15 is 0 Å². The van der Waals surface area contributed by atoms with Crippen molar-refractivity contribution in [1.82, 2.24) is 4.90 Å². The van der Waals surface area contributed by atoms with Gasteiger partial charge >= 0.3 is 0 Å². The summed E-state index contributed by atoms with van der Waals surface area (Å²) in [6.07, 6.45) is 5.76. The Morgan fingerprint density at radius 2 is 1.62 bits per heavy atom. The number of carbonyl (C=O) groups is 1. The van der Waals surface area contributed by atoms with Gasteiger partial charge in [0.25, 0.3) is 0 Å². The molecule has 0 unspecified atom stereocenters. The van der Waals surface area contributed by atoms with Crippen LogP contribution in [-0.4, -0.2) is 29.9 Å². The van der Waals surface area contributed by atoms with Crippen LogP contribution in [-0.2, 0) is 11.2 Å².